The van der Waals surface area contributed by atoms with Gasteiger partial charge in [0, 0.05) is 17.0 Å². The molecule has 0 aliphatic heterocycles. The van der Waals surface area contributed by atoms with E-state index in [1.807, 2.05) is 6.07 Å². The smallest absolute Gasteiger partial charge is 0.306 e. The van der Waals surface area contributed by atoms with Gasteiger partial charge in [0.1, 0.15) is 6.61 Å². The van der Waals surface area contributed by atoms with Crippen LogP contribution in [0.15, 0.2) is 48.5 Å². The molecule has 116 valence electrons. The van der Waals surface area contributed by atoms with Crippen LogP contribution in [0.25, 0.3) is 0 Å². The molecule has 0 fully saturated rings. The van der Waals surface area contributed by atoms with Gasteiger partial charge in [0.15, 0.2) is 5.78 Å². The molecule has 4 nitrogen and oxygen atoms in total. The van der Waals surface area contributed by atoms with Gasteiger partial charge in [-0.2, -0.15) is 5.26 Å². The van der Waals surface area contributed by atoms with Crippen LogP contribution in [-0.2, 0) is 16.1 Å². The summed E-state index contributed by atoms with van der Waals surface area (Å²) in [5.74, 6) is -0.561. The molecule has 0 bridgehead atoms. The van der Waals surface area contributed by atoms with Crippen molar-refractivity contribution in [1.29, 1.82) is 5.26 Å². The summed E-state index contributed by atoms with van der Waals surface area (Å²) >= 11 is 5.76. The number of nitrogens with zero attached hydrogens (tertiary/aromatic N) is 1. The first kappa shape index (κ1) is 16.7. The molecule has 0 N–H and O–H groups in total. The highest BCUT2D eigenvalue weighted by atomic mass is 35.5. The van der Waals surface area contributed by atoms with Gasteiger partial charge >= 0.3 is 5.97 Å². The third-order valence-corrected chi connectivity index (χ3v) is 3.46. The number of halogens is 1. The molecule has 0 heterocycles. The van der Waals surface area contributed by atoms with Gasteiger partial charge in [0.2, 0.25) is 0 Å². The third kappa shape index (κ3) is 5.24. The van der Waals surface area contributed by atoms with Crippen LogP contribution in [0.1, 0.15) is 34.3 Å². The predicted octanol–water partition coefficient (Wildman–Crippen LogP) is 3.92. The van der Waals surface area contributed by atoms with Crippen molar-refractivity contribution in [3.8, 4) is 6.07 Å². The lowest BCUT2D eigenvalue weighted by Crippen LogP contribution is -2.08. The van der Waals surface area contributed by atoms with Crippen LogP contribution >= 0.6 is 11.6 Å². The Morgan fingerprint density at radius 3 is 2.26 bits per heavy atom. The van der Waals surface area contributed by atoms with E-state index in [4.69, 9.17) is 21.6 Å². The minimum absolute atomic E-state index is 0.0255. The highest BCUT2D eigenvalue weighted by Crippen LogP contribution is 2.12. The maximum Gasteiger partial charge on any atom is 0.306 e. The summed E-state index contributed by atoms with van der Waals surface area (Å²) < 4.78 is 5.11. The van der Waals surface area contributed by atoms with Crippen molar-refractivity contribution in [3.63, 3.8) is 0 Å². The maximum absolute atomic E-state index is 11.9. The lowest BCUT2D eigenvalue weighted by molar-refractivity contribution is -0.144. The Morgan fingerprint density at radius 2 is 1.65 bits per heavy atom. The van der Waals surface area contributed by atoms with Crippen molar-refractivity contribution < 1.29 is 14.3 Å². The summed E-state index contributed by atoms with van der Waals surface area (Å²) in [5.41, 5.74) is 1.87. The van der Waals surface area contributed by atoms with Gasteiger partial charge in [0.25, 0.3) is 0 Å². The summed E-state index contributed by atoms with van der Waals surface area (Å²) in [5, 5.41) is 9.26. The topological polar surface area (TPSA) is 67.2 Å². The molecule has 0 saturated carbocycles. The first-order valence-electron chi connectivity index (χ1n) is 7.02. The van der Waals surface area contributed by atoms with E-state index in [9.17, 15) is 9.59 Å². The minimum atomic E-state index is -0.434. The number of benzene rings is 2. The molecule has 0 amide bonds. The zero-order valence-corrected chi connectivity index (χ0v) is 13.0. The molecule has 2 aromatic rings. The zero-order valence-electron chi connectivity index (χ0n) is 12.3. The van der Waals surface area contributed by atoms with Gasteiger partial charge in [0.05, 0.1) is 18.1 Å². The van der Waals surface area contributed by atoms with Crippen molar-refractivity contribution >= 4 is 23.4 Å². The van der Waals surface area contributed by atoms with Crippen molar-refractivity contribution in [2.24, 2.45) is 0 Å². The molecule has 0 spiro atoms. The minimum Gasteiger partial charge on any atom is -0.461 e. The Bertz CT molecular complexity index is 730. The van der Waals surface area contributed by atoms with Gasteiger partial charge in [-0.05, 0) is 42.0 Å². The fourth-order valence-electron chi connectivity index (χ4n) is 1.91. The average molecular weight is 328 g/mol. The van der Waals surface area contributed by atoms with E-state index in [0.29, 0.717) is 16.1 Å². The largest absolute Gasteiger partial charge is 0.461 e. The normalized spacial score (nSPS) is 9.91. The molecule has 0 unspecified atom stereocenters. The lowest BCUT2D eigenvalue weighted by Gasteiger charge is -2.05. The van der Waals surface area contributed by atoms with E-state index in [-0.39, 0.29) is 25.2 Å². The Hall–Kier alpha value is -2.64. The molecule has 0 aliphatic rings. The Balaban J connectivity index is 1.77. The van der Waals surface area contributed by atoms with Crippen LogP contribution in [0.5, 0.6) is 0 Å². The molecular weight excluding hydrogens is 314 g/mol. The van der Waals surface area contributed by atoms with Crippen molar-refractivity contribution in [1.82, 2.24) is 0 Å². The van der Waals surface area contributed by atoms with E-state index < -0.39 is 5.97 Å². The molecule has 23 heavy (non-hydrogen) atoms. The number of hydrogen-bond acceptors (Lipinski definition) is 4. The number of Topliss-reactive ketones (excluding diaryl/α,β-unsaturated/α-hetero) is 1. The summed E-state index contributed by atoms with van der Waals surface area (Å²) in [7, 11) is 0. The molecule has 5 heteroatoms. The van der Waals surface area contributed by atoms with E-state index in [2.05, 4.69) is 0 Å². The third-order valence-electron chi connectivity index (χ3n) is 3.21. The second-order valence-corrected chi connectivity index (χ2v) is 5.34. The summed E-state index contributed by atoms with van der Waals surface area (Å²) in [4.78, 5) is 23.6. The molecule has 0 saturated heterocycles. The molecule has 2 aromatic carbocycles. The van der Waals surface area contributed by atoms with Crippen LogP contribution in [-0.4, -0.2) is 11.8 Å². The molecule has 0 radical (unpaired) electrons. The standard InChI is InChI=1S/C18H14ClNO3/c19-16-7-5-15(6-8-16)17(21)9-10-18(22)23-12-14-3-1-13(11-20)2-4-14/h1-8H,9-10,12H2. The SMILES string of the molecule is N#Cc1ccc(COC(=O)CCC(=O)c2ccc(Cl)cc2)cc1. The second-order valence-electron chi connectivity index (χ2n) is 4.90. The molecule has 0 aliphatic carbocycles. The maximum atomic E-state index is 11.9. The number of carbonyl (C=O) groups excluding carboxylic acids is 2. The number of ether oxygens (including phenoxy) is 1. The number of hydrogen-bond donors (Lipinski definition) is 0. The van der Waals surface area contributed by atoms with Crippen LogP contribution in [0.2, 0.25) is 5.02 Å². The summed E-state index contributed by atoms with van der Waals surface area (Å²) in [6.07, 6.45) is 0.117. The number of carbonyl (C=O) groups is 2. The van der Waals surface area contributed by atoms with E-state index >= 15 is 0 Å². The lowest BCUT2D eigenvalue weighted by atomic mass is 10.1. The highest BCUT2D eigenvalue weighted by molar-refractivity contribution is 6.30. The van der Waals surface area contributed by atoms with Crippen LogP contribution in [0.4, 0.5) is 0 Å². The van der Waals surface area contributed by atoms with E-state index in [0.717, 1.165) is 5.56 Å². The predicted molar refractivity (Wildman–Crippen MR) is 86.0 cm³/mol. The van der Waals surface area contributed by atoms with Crippen molar-refractivity contribution in [2.75, 3.05) is 0 Å². The average Bonchev–Trinajstić information content (AvgIpc) is 2.59. The Kier molecular flexibility index (Phi) is 5.90. The Morgan fingerprint density at radius 1 is 1.00 bits per heavy atom. The van der Waals surface area contributed by atoms with Crippen molar-refractivity contribution in [3.05, 3.63) is 70.2 Å². The van der Waals surface area contributed by atoms with Gasteiger partial charge in [-0.1, -0.05) is 23.7 Å². The quantitative estimate of drug-likeness (QED) is 0.595. The van der Waals surface area contributed by atoms with Crippen LogP contribution in [0.3, 0.4) is 0 Å². The first-order chi connectivity index (χ1) is 11.1. The molecule has 0 atom stereocenters. The van der Waals surface area contributed by atoms with E-state index in [1.165, 1.54) is 0 Å². The first-order valence-corrected chi connectivity index (χ1v) is 7.39. The second kappa shape index (κ2) is 8.11. The van der Waals surface area contributed by atoms with Crippen molar-refractivity contribution in [2.45, 2.75) is 19.4 Å². The van der Waals surface area contributed by atoms with Gasteiger partial charge in [-0.15, -0.1) is 0 Å². The fraction of sp³-hybridized carbons (Fsp3) is 0.167. The van der Waals surface area contributed by atoms with Crippen LogP contribution < -0.4 is 0 Å². The monoisotopic (exact) mass is 327 g/mol. The van der Waals surface area contributed by atoms with Gasteiger partial charge in [-0.3, -0.25) is 9.59 Å². The van der Waals surface area contributed by atoms with E-state index in [1.54, 1.807) is 48.5 Å². The molecule has 2 rings (SSSR count). The number of rotatable bonds is 6. The molecular formula is C18H14ClNO3. The van der Waals surface area contributed by atoms with Gasteiger partial charge in [-0.25, -0.2) is 0 Å². The summed E-state index contributed by atoms with van der Waals surface area (Å²) in [6, 6.07) is 15.3. The zero-order chi connectivity index (χ0) is 16.7. The van der Waals surface area contributed by atoms with Crippen LogP contribution in [0, 0.1) is 11.3 Å². The van der Waals surface area contributed by atoms with Gasteiger partial charge < -0.3 is 4.74 Å². The summed E-state index contributed by atoms with van der Waals surface area (Å²) in [6.45, 7) is 0.125. The Labute approximate surface area is 139 Å². The number of ketones is 1. The highest BCUT2D eigenvalue weighted by Gasteiger charge is 2.10. The number of nitriles is 1. The molecule has 0 aromatic heterocycles. The number of esters is 1. The fourth-order valence-corrected chi connectivity index (χ4v) is 2.03.